The highest BCUT2D eigenvalue weighted by Gasteiger charge is 2.15. The fourth-order valence-electron chi connectivity index (χ4n) is 1.91. The van der Waals surface area contributed by atoms with E-state index in [0.29, 0.717) is 23.6 Å². The van der Waals surface area contributed by atoms with E-state index in [1.54, 1.807) is 24.3 Å². The number of carbonyl (C=O) groups is 2. The second-order valence-electron chi connectivity index (χ2n) is 4.92. The van der Waals surface area contributed by atoms with Crippen LogP contribution in [0.2, 0.25) is 10.0 Å². The van der Waals surface area contributed by atoms with Crippen molar-refractivity contribution in [3.8, 4) is 11.5 Å². The lowest BCUT2D eigenvalue weighted by Crippen LogP contribution is -2.32. The number of hydrazone groups is 1. The number of carbonyl (C=O) groups excluding carboxylic acids is 2. The molecule has 0 unspecified atom stereocenters. The van der Waals surface area contributed by atoms with Gasteiger partial charge >= 0.3 is 11.8 Å². The van der Waals surface area contributed by atoms with Gasteiger partial charge in [-0.15, -0.1) is 0 Å². The number of halogens is 2. The Bertz CT molecular complexity index is 833. The summed E-state index contributed by atoms with van der Waals surface area (Å²) in [6.07, 6.45) is 1.23. The first-order valence-electron chi connectivity index (χ1n) is 7.46. The molecule has 3 N–H and O–H groups in total. The van der Waals surface area contributed by atoms with Crippen LogP contribution in [0.5, 0.6) is 11.5 Å². The smallest absolute Gasteiger partial charge is 0.329 e. The Morgan fingerprint density at radius 3 is 2.50 bits per heavy atom. The number of para-hydroxylation sites is 2. The molecular formula is C17H15Cl2N3O4. The minimum absolute atomic E-state index is 0.0375. The number of nitrogens with one attached hydrogen (secondary N) is 2. The lowest BCUT2D eigenvalue weighted by Gasteiger charge is -2.10. The van der Waals surface area contributed by atoms with E-state index >= 15 is 0 Å². The van der Waals surface area contributed by atoms with E-state index in [9.17, 15) is 14.7 Å². The Labute approximate surface area is 159 Å². The normalized spacial score (nSPS) is 10.6. The van der Waals surface area contributed by atoms with Gasteiger partial charge in [0.1, 0.15) is 5.75 Å². The molecule has 0 atom stereocenters. The largest absolute Gasteiger partial charge is 0.505 e. The van der Waals surface area contributed by atoms with Gasteiger partial charge in [-0.25, -0.2) is 5.43 Å². The third kappa shape index (κ3) is 5.11. The molecular weight excluding hydrogens is 381 g/mol. The third-order valence-corrected chi connectivity index (χ3v) is 3.64. The molecule has 2 aromatic rings. The molecule has 0 aliphatic carbocycles. The predicted molar refractivity (Wildman–Crippen MR) is 100 cm³/mol. The van der Waals surface area contributed by atoms with Crippen LogP contribution in [0, 0.1) is 0 Å². The zero-order chi connectivity index (χ0) is 19.1. The molecule has 0 spiro atoms. The van der Waals surface area contributed by atoms with Crippen molar-refractivity contribution in [2.75, 3.05) is 11.9 Å². The molecule has 0 heterocycles. The van der Waals surface area contributed by atoms with E-state index in [4.69, 9.17) is 27.9 Å². The van der Waals surface area contributed by atoms with E-state index in [-0.39, 0.29) is 15.8 Å². The third-order valence-electron chi connectivity index (χ3n) is 3.06. The van der Waals surface area contributed by atoms with Gasteiger partial charge in [0.05, 0.1) is 28.6 Å². The number of phenolic OH excluding ortho intramolecular Hbond substituents is 1. The van der Waals surface area contributed by atoms with Gasteiger partial charge in [0.15, 0.2) is 5.75 Å². The zero-order valence-electron chi connectivity index (χ0n) is 13.6. The van der Waals surface area contributed by atoms with Crippen LogP contribution in [0.4, 0.5) is 5.69 Å². The average Bonchev–Trinajstić information content (AvgIpc) is 2.61. The monoisotopic (exact) mass is 395 g/mol. The van der Waals surface area contributed by atoms with Crippen LogP contribution in [-0.4, -0.2) is 29.7 Å². The Balaban J connectivity index is 1.98. The molecule has 136 valence electrons. The molecule has 0 aromatic heterocycles. The summed E-state index contributed by atoms with van der Waals surface area (Å²) in [5.74, 6) is -1.67. The summed E-state index contributed by atoms with van der Waals surface area (Å²) in [6.45, 7) is 2.23. The first-order chi connectivity index (χ1) is 12.4. The molecule has 9 heteroatoms. The maximum Gasteiger partial charge on any atom is 0.329 e. The highest BCUT2D eigenvalue weighted by atomic mass is 35.5. The number of ether oxygens (including phenoxy) is 1. The SMILES string of the molecule is CCOc1ccccc1NC(=O)C(=O)N/N=C/c1cc(Cl)c(O)c(Cl)c1. The van der Waals surface area contributed by atoms with Gasteiger partial charge in [0.2, 0.25) is 0 Å². The Morgan fingerprint density at radius 1 is 1.19 bits per heavy atom. The summed E-state index contributed by atoms with van der Waals surface area (Å²) in [5, 5.41) is 15.7. The predicted octanol–water partition coefficient (Wildman–Crippen LogP) is 3.19. The van der Waals surface area contributed by atoms with Crippen molar-refractivity contribution < 1.29 is 19.4 Å². The highest BCUT2D eigenvalue weighted by Crippen LogP contribution is 2.32. The number of benzene rings is 2. The quantitative estimate of drug-likeness (QED) is 0.411. The van der Waals surface area contributed by atoms with Crippen LogP contribution in [0.25, 0.3) is 0 Å². The fourth-order valence-corrected chi connectivity index (χ4v) is 2.41. The highest BCUT2D eigenvalue weighted by molar-refractivity contribution is 6.40. The van der Waals surface area contributed by atoms with Crippen molar-refractivity contribution >= 4 is 46.9 Å². The number of hydrogen-bond donors (Lipinski definition) is 3. The van der Waals surface area contributed by atoms with Crippen LogP contribution in [0.3, 0.4) is 0 Å². The van der Waals surface area contributed by atoms with Crippen molar-refractivity contribution in [3.63, 3.8) is 0 Å². The number of rotatable bonds is 5. The maximum absolute atomic E-state index is 11.9. The molecule has 0 saturated heterocycles. The first kappa shape index (κ1) is 19.6. The average molecular weight is 396 g/mol. The molecule has 0 saturated carbocycles. The topological polar surface area (TPSA) is 100 Å². The molecule has 0 aliphatic heterocycles. The minimum Gasteiger partial charge on any atom is -0.505 e. The Hall–Kier alpha value is -2.77. The molecule has 7 nitrogen and oxygen atoms in total. The van der Waals surface area contributed by atoms with Gasteiger partial charge in [-0.2, -0.15) is 5.10 Å². The lowest BCUT2D eigenvalue weighted by atomic mass is 10.2. The maximum atomic E-state index is 11.9. The van der Waals surface area contributed by atoms with Crippen molar-refractivity contribution in [2.45, 2.75) is 6.92 Å². The van der Waals surface area contributed by atoms with Gasteiger partial charge in [0, 0.05) is 0 Å². The Kier molecular flexibility index (Phi) is 6.82. The second-order valence-corrected chi connectivity index (χ2v) is 5.73. The second kappa shape index (κ2) is 9.07. The molecule has 0 fully saturated rings. The molecule has 0 radical (unpaired) electrons. The number of hydrogen-bond acceptors (Lipinski definition) is 5. The number of aromatic hydroxyl groups is 1. The summed E-state index contributed by atoms with van der Waals surface area (Å²) < 4.78 is 5.37. The van der Waals surface area contributed by atoms with Crippen molar-refractivity contribution in [2.24, 2.45) is 5.10 Å². The summed E-state index contributed by atoms with van der Waals surface area (Å²) in [7, 11) is 0. The van der Waals surface area contributed by atoms with E-state index in [1.165, 1.54) is 18.3 Å². The van der Waals surface area contributed by atoms with E-state index in [2.05, 4.69) is 15.8 Å². The first-order valence-corrected chi connectivity index (χ1v) is 8.22. The van der Waals surface area contributed by atoms with Crippen molar-refractivity contribution in [1.82, 2.24) is 5.43 Å². The van der Waals surface area contributed by atoms with E-state index in [1.807, 2.05) is 6.92 Å². The summed E-state index contributed by atoms with van der Waals surface area (Å²) in [6, 6.07) is 9.53. The number of phenols is 1. The van der Waals surface area contributed by atoms with Crippen LogP contribution in [0.15, 0.2) is 41.5 Å². The zero-order valence-corrected chi connectivity index (χ0v) is 15.1. The summed E-state index contributed by atoms with van der Waals surface area (Å²) in [4.78, 5) is 23.8. The fraction of sp³-hybridized carbons (Fsp3) is 0.118. The van der Waals surface area contributed by atoms with E-state index in [0.717, 1.165) is 0 Å². The van der Waals surface area contributed by atoms with Crippen LogP contribution in [0.1, 0.15) is 12.5 Å². The minimum atomic E-state index is -0.969. The standard InChI is InChI=1S/C17H15Cl2N3O4/c1-2-26-14-6-4-3-5-13(14)21-16(24)17(25)22-20-9-10-7-11(18)15(23)12(19)8-10/h3-9,23H,2H2,1H3,(H,21,24)(H,22,25)/b20-9+. The lowest BCUT2D eigenvalue weighted by molar-refractivity contribution is -0.136. The van der Waals surface area contributed by atoms with Crippen LogP contribution >= 0.6 is 23.2 Å². The number of nitrogens with zero attached hydrogens (tertiary/aromatic N) is 1. The molecule has 2 amide bonds. The molecule has 0 aliphatic rings. The summed E-state index contributed by atoms with van der Waals surface area (Å²) in [5.41, 5.74) is 2.89. The molecule has 0 bridgehead atoms. The summed E-state index contributed by atoms with van der Waals surface area (Å²) >= 11 is 11.6. The van der Waals surface area contributed by atoms with Gasteiger partial charge in [-0.05, 0) is 36.8 Å². The number of anilines is 1. The van der Waals surface area contributed by atoms with E-state index < -0.39 is 11.8 Å². The molecule has 2 aromatic carbocycles. The molecule has 26 heavy (non-hydrogen) atoms. The number of amides is 2. The van der Waals surface area contributed by atoms with Gasteiger partial charge in [-0.1, -0.05) is 35.3 Å². The van der Waals surface area contributed by atoms with Gasteiger partial charge < -0.3 is 15.2 Å². The van der Waals surface area contributed by atoms with Crippen molar-refractivity contribution in [1.29, 1.82) is 0 Å². The van der Waals surface area contributed by atoms with Crippen molar-refractivity contribution in [3.05, 3.63) is 52.0 Å². The van der Waals surface area contributed by atoms with Crippen LogP contribution < -0.4 is 15.5 Å². The van der Waals surface area contributed by atoms with Gasteiger partial charge in [-0.3, -0.25) is 9.59 Å². The van der Waals surface area contributed by atoms with Gasteiger partial charge in [0.25, 0.3) is 0 Å². The van der Waals surface area contributed by atoms with Crippen LogP contribution in [-0.2, 0) is 9.59 Å². The Morgan fingerprint density at radius 2 is 1.85 bits per heavy atom. The molecule has 2 rings (SSSR count).